The molecule has 0 aliphatic carbocycles. The lowest BCUT2D eigenvalue weighted by Crippen LogP contribution is -2.02. The van der Waals surface area contributed by atoms with Crippen molar-refractivity contribution in [1.29, 1.82) is 0 Å². The average Bonchev–Trinajstić information content (AvgIpc) is 2.69. The number of fused-ring (bicyclic) bond motifs is 1. The van der Waals surface area contributed by atoms with E-state index in [0.717, 1.165) is 11.3 Å². The molecule has 0 aliphatic heterocycles. The molecule has 2 aromatic rings. The van der Waals surface area contributed by atoms with Gasteiger partial charge in [-0.25, -0.2) is 0 Å². The molecular weight excluding hydrogens is 244 g/mol. The lowest BCUT2D eigenvalue weighted by atomic mass is 10.1. The van der Waals surface area contributed by atoms with Crippen LogP contribution in [0.1, 0.15) is 10.4 Å². The lowest BCUT2D eigenvalue weighted by Gasteiger charge is -2.00. The van der Waals surface area contributed by atoms with Crippen molar-refractivity contribution in [2.45, 2.75) is 0 Å². The Hall–Kier alpha value is -2.31. The molecule has 7 nitrogen and oxygen atoms in total. The molecule has 0 unspecified atom stereocenters. The van der Waals surface area contributed by atoms with Crippen LogP contribution < -0.4 is 4.87 Å². The van der Waals surface area contributed by atoms with Gasteiger partial charge < -0.3 is 10.1 Å². The normalized spacial score (nSPS) is 10.1. The number of carbonyl (C=O) groups is 1. The number of azide groups is 1. The summed E-state index contributed by atoms with van der Waals surface area (Å²) >= 11 is 0.828. The molecule has 2 N–H and O–H groups in total. The second kappa shape index (κ2) is 4.28. The Morgan fingerprint density at radius 1 is 1.59 bits per heavy atom. The van der Waals surface area contributed by atoms with E-state index in [-0.39, 0.29) is 28.2 Å². The molecule has 1 aromatic heterocycles. The van der Waals surface area contributed by atoms with Gasteiger partial charge in [0.25, 0.3) is 0 Å². The van der Waals surface area contributed by atoms with Gasteiger partial charge in [-0.2, -0.15) is 0 Å². The van der Waals surface area contributed by atoms with Crippen molar-refractivity contribution in [1.82, 2.24) is 4.98 Å². The number of nitrogens with zero attached hydrogens (tertiary/aromatic N) is 3. The van der Waals surface area contributed by atoms with Gasteiger partial charge in [-0.15, -0.1) is 0 Å². The maximum atomic E-state index is 11.7. The van der Waals surface area contributed by atoms with Gasteiger partial charge in [-0.1, -0.05) is 16.5 Å². The first-order valence-corrected chi connectivity index (χ1v) is 5.34. The first-order chi connectivity index (χ1) is 8.13. The topological polar surface area (TPSA) is 119 Å². The van der Waals surface area contributed by atoms with E-state index in [4.69, 9.17) is 5.53 Å². The number of rotatable bonds is 3. The Bertz CT molecular complexity index is 696. The maximum absolute atomic E-state index is 11.7. The van der Waals surface area contributed by atoms with Gasteiger partial charge in [-0.05, 0) is 17.7 Å². The van der Waals surface area contributed by atoms with Crippen molar-refractivity contribution in [2.75, 3.05) is 6.54 Å². The van der Waals surface area contributed by atoms with E-state index in [1.807, 2.05) is 0 Å². The minimum absolute atomic E-state index is 0.0984. The monoisotopic (exact) mass is 250 g/mol. The molecule has 17 heavy (non-hydrogen) atoms. The Morgan fingerprint density at radius 2 is 2.35 bits per heavy atom. The standard InChI is InChI=1S/C9H6N4O3S/c10-13-11-3-6(15)4-1-2-5(14)7-8(4)17-9(16)12-7/h1-2,14H,3H2,(H,12,16). The first kappa shape index (κ1) is 11.2. The van der Waals surface area contributed by atoms with E-state index >= 15 is 0 Å². The van der Waals surface area contributed by atoms with Crippen LogP contribution in [0, 0.1) is 0 Å². The van der Waals surface area contributed by atoms with E-state index < -0.39 is 5.78 Å². The van der Waals surface area contributed by atoms with Crippen molar-refractivity contribution in [3.05, 3.63) is 37.8 Å². The van der Waals surface area contributed by atoms with Crippen molar-refractivity contribution < 1.29 is 9.90 Å². The van der Waals surface area contributed by atoms with Crippen molar-refractivity contribution >= 4 is 27.3 Å². The molecule has 0 aliphatic rings. The number of phenols is 1. The molecule has 1 aromatic carbocycles. The van der Waals surface area contributed by atoms with Gasteiger partial charge in [0.1, 0.15) is 11.3 Å². The molecule has 0 bridgehead atoms. The van der Waals surface area contributed by atoms with Crippen LogP contribution in [0.15, 0.2) is 22.0 Å². The summed E-state index contributed by atoms with van der Waals surface area (Å²) in [6, 6.07) is 2.71. The number of Topliss-reactive ketones (excluding diaryl/α,β-unsaturated/α-hetero) is 1. The number of carbonyl (C=O) groups excluding carboxylic acids is 1. The summed E-state index contributed by atoms with van der Waals surface area (Å²) in [5.41, 5.74) is 8.62. The van der Waals surface area contributed by atoms with Crippen molar-refractivity contribution in [2.24, 2.45) is 5.11 Å². The quantitative estimate of drug-likeness (QED) is 0.374. The second-order valence-electron chi connectivity index (χ2n) is 3.16. The highest BCUT2D eigenvalue weighted by Crippen LogP contribution is 2.27. The number of ketones is 1. The molecule has 1 heterocycles. The van der Waals surface area contributed by atoms with Crippen LogP contribution in [-0.2, 0) is 0 Å². The zero-order valence-corrected chi connectivity index (χ0v) is 9.19. The van der Waals surface area contributed by atoms with Gasteiger partial charge in [0.05, 0.1) is 11.2 Å². The third-order valence-electron chi connectivity index (χ3n) is 2.14. The minimum atomic E-state index is -0.400. The highest BCUT2D eigenvalue weighted by atomic mass is 32.1. The van der Waals surface area contributed by atoms with Crippen LogP contribution in [0.3, 0.4) is 0 Å². The smallest absolute Gasteiger partial charge is 0.305 e. The van der Waals surface area contributed by atoms with E-state index in [1.54, 1.807) is 0 Å². The summed E-state index contributed by atoms with van der Waals surface area (Å²) < 4.78 is 0.369. The summed E-state index contributed by atoms with van der Waals surface area (Å²) in [5.74, 6) is -0.498. The zero-order valence-electron chi connectivity index (χ0n) is 8.38. The van der Waals surface area contributed by atoms with E-state index in [0.29, 0.717) is 4.70 Å². The molecule has 0 amide bonds. The first-order valence-electron chi connectivity index (χ1n) is 4.52. The lowest BCUT2D eigenvalue weighted by molar-refractivity contribution is 0.100. The third kappa shape index (κ3) is 1.99. The number of thiazole rings is 1. The fraction of sp³-hybridized carbons (Fsp3) is 0.111. The largest absolute Gasteiger partial charge is 0.506 e. The van der Waals surface area contributed by atoms with Gasteiger partial charge in [0.2, 0.25) is 0 Å². The number of aromatic hydroxyl groups is 1. The van der Waals surface area contributed by atoms with Crippen LogP contribution in [0.4, 0.5) is 0 Å². The fourth-order valence-corrected chi connectivity index (χ4v) is 2.31. The van der Waals surface area contributed by atoms with E-state index in [9.17, 15) is 14.7 Å². The van der Waals surface area contributed by atoms with Crippen LogP contribution >= 0.6 is 11.3 Å². The molecule has 0 saturated carbocycles. The molecule has 0 fully saturated rings. The Labute approximate surface area is 98.0 Å². The average molecular weight is 250 g/mol. The number of H-pyrrole nitrogens is 1. The van der Waals surface area contributed by atoms with E-state index in [1.165, 1.54) is 12.1 Å². The molecule has 0 radical (unpaired) electrons. The molecule has 0 saturated heterocycles. The number of nitrogens with one attached hydrogen (secondary N) is 1. The maximum Gasteiger partial charge on any atom is 0.305 e. The van der Waals surface area contributed by atoms with Crippen LogP contribution in [0.25, 0.3) is 20.7 Å². The summed E-state index contributed by atoms with van der Waals surface area (Å²) in [6.07, 6.45) is 0. The summed E-state index contributed by atoms with van der Waals surface area (Å²) in [4.78, 5) is 27.4. The van der Waals surface area contributed by atoms with E-state index in [2.05, 4.69) is 15.0 Å². The number of hydrogen-bond donors (Lipinski definition) is 2. The van der Waals surface area contributed by atoms with Gasteiger partial charge in [0, 0.05) is 10.5 Å². The highest BCUT2D eigenvalue weighted by molar-refractivity contribution is 7.16. The Kier molecular flexibility index (Phi) is 2.82. The molecule has 0 spiro atoms. The predicted molar refractivity (Wildman–Crippen MR) is 62.5 cm³/mol. The summed E-state index contributed by atoms with van der Waals surface area (Å²) in [7, 11) is 0. The molecule has 2 rings (SSSR count). The SMILES string of the molecule is [N-]=[N+]=NCC(=O)c1ccc(O)c2[nH]c(=O)sc12. The van der Waals surface area contributed by atoms with Crippen LogP contribution in [0.5, 0.6) is 5.75 Å². The minimum Gasteiger partial charge on any atom is -0.506 e. The van der Waals surface area contributed by atoms with Gasteiger partial charge in [-0.3, -0.25) is 9.59 Å². The number of hydrogen-bond acceptors (Lipinski definition) is 5. The predicted octanol–water partition coefficient (Wildman–Crippen LogP) is 1.79. The number of aromatic amines is 1. The van der Waals surface area contributed by atoms with Gasteiger partial charge >= 0.3 is 4.87 Å². The second-order valence-corrected chi connectivity index (χ2v) is 4.15. The molecular formula is C9H6N4O3S. The Balaban J connectivity index is 2.62. The van der Waals surface area contributed by atoms with Gasteiger partial charge in [0.15, 0.2) is 5.78 Å². The highest BCUT2D eigenvalue weighted by Gasteiger charge is 2.14. The van der Waals surface area contributed by atoms with Crippen molar-refractivity contribution in [3.63, 3.8) is 0 Å². The van der Waals surface area contributed by atoms with Crippen LogP contribution in [-0.4, -0.2) is 22.4 Å². The fourth-order valence-electron chi connectivity index (χ4n) is 1.42. The van der Waals surface area contributed by atoms with Crippen molar-refractivity contribution in [3.8, 4) is 5.75 Å². The molecule has 86 valence electrons. The summed E-state index contributed by atoms with van der Waals surface area (Å²) in [5, 5.41) is 12.7. The zero-order chi connectivity index (χ0) is 12.4. The third-order valence-corrected chi connectivity index (χ3v) is 3.05. The van der Waals surface area contributed by atoms with Crippen LogP contribution in [0.2, 0.25) is 0 Å². The summed E-state index contributed by atoms with van der Waals surface area (Å²) in [6.45, 7) is -0.317. The number of phenolic OH excluding ortho intramolecular Hbond substituents is 1. The molecule has 8 heteroatoms. The molecule has 0 atom stereocenters. The number of benzene rings is 1. The Morgan fingerprint density at radius 3 is 3.06 bits per heavy atom. The number of aromatic nitrogens is 1.